The molecule has 0 saturated carbocycles. The number of fused-ring (bicyclic) bond motifs is 1. The lowest BCUT2D eigenvalue weighted by molar-refractivity contribution is 0.103. The summed E-state index contributed by atoms with van der Waals surface area (Å²) in [5.74, 6) is -0.520. The maximum Gasteiger partial charge on any atom is 0.193 e. The van der Waals surface area contributed by atoms with Gasteiger partial charge < -0.3 is 5.32 Å². The zero-order valence-corrected chi connectivity index (χ0v) is 9.74. The van der Waals surface area contributed by atoms with Crippen molar-refractivity contribution < 1.29 is 9.18 Å². The van der Waals surface area contributed by atoms with Crippen LogP contribution in [0.15, 0.2) is 42.5 Å². The highest BCUT2D eigenvalue weighted by molar-refractivity contribution is 6.09. The van der Waals surface area contributed by atoms with E-state index < -0.39 is 0 Å². The lowest BCUT2D eigenvalue weighted by atomic mass is 10.0. The summed E-state index contributed by atoms with van der Waals surface area (Å²) < 4.78 is 13.1. The summed E-state index contributed by atoms with van der Waals surface area (Å²) in [6.07, 6.45) is 0.930. The third-order valence-corrected chi connectivity index (χ3v) is 3.16. The Morgan fingerprint density at radius 1 is 1.11 bits per heavy atom. The van der Waals surface area contributed by atoms with E-state index in [4.69, 9.17) is 0 Å². The fourth-order valence-corrected chi connectivity index (χ4v) is 2.24. The standard InChI is InChI=1S/C15H12FNO/c16-13-3-1-2-11(9-13)15(18)12-4-5-14-10(8-12)6-7-17-14/h1-5,8-9,17H,6-7H2. The van der Waals surface area contributed by atoms with Crippen molar-refractivity contribution in [2.45, 2.75) is 6.42 Å². The Balaban J connectivity index is 1.98. The van der Waals surface area contributed by atoms with Crippen LogP contribution in [0.25, 0.3) is 0 Å². The SMILES string of the molecule is O=C(c1cccc(F)c1)c1ccc2c(c1)CCN2. The van der Waals surface area contributed by atoms with Gasteiger partial charge in [-0.25, -0.2) is 4.39 Å². The number of benzene rings is 2. The van der Waals surface area contributed by atoms with Crippen molar-refractivity contribution in [1.29, 1.82) is 0 Å². The van der Waals surface area contributed by atoms with Crippen molar-refractivity contribution in [3.8, 4) is 0 Å². The molecule has 1 N–H and O–H groups in total. The van der Waals surface area contributed by atoms with Crippen LogP contribution in [-0.2, 0) is 6.42 Å². The Hall–Kier alpha value is -2.16. The first-order valence-corrected chi connectivity index (χ1v) is 5.91. The number of ketones is 1. The van der Waals surface area contributed by atoms with Gasteiger partial charge in [-0.15, -0.1) is 0 Å². The van der Waals surface area contributed by atoms with Crippen molar-refractivity contribution in [3.05, 3.63) is 65.0 Å². The average Bonchev–Trinajstić information content (AvgIpc) is 2.85. The number of rotatable bonds is 2. The molecule has 3 rings (SSSR count). The smallest absolute Gasteiger partial charge is 0.193 e. The van der Waals surface area contributed by atoms with Crippen LogP contribution in [0.3, 0.4) is 0 Å². The van der Waals surface area contributed by atoms with E-state index in [0.717, 1.165) is 24.2 Å². The quantitative estimate of drug-likeness (QED) is 0.819. The minimum atomic E-state index is -0.385. The third-order valence-electron chi connectivity index (χ3n) is 3.16. The van der Waals surface area contributed by atoms with Crippen LogP contribution >= 0.6 is 0 Å². The van der Waals surface area contributed by atoms with Gasteiger partial charge in [-0.2, -0.15) is 0 Å². The highest BCUT2D eigenvalue weighted by Crippen LogP contribution is 2.24. The predicted molar refractivity (Wildman–Crippen MR) is 68.5 cm³/mol. The second-order valence-electron chi connectivity index (χ2n) is 4.39. The van der Waals surface area contributed by atoms with Gasteiger partial charge in [0.1, 0.15) is 5.82 Å². The van der Waals surface area contributed by atoms with Crippen LogP contribution in [-0.4, -0.2) is 12.3 Å². The van der Waals surface area contributed by atoms with Gasteiger partial charge in [0, 0.05) is 23.4 Å². The molecule has 0 bridgehead atoms. The molecule has 0 atom stereocenters. The zero-order chi connectivity index (χ0) is 12.5. The number of anilines is 1. The van der Waals surface area contributed by atoms with Gasteiger partial charge in [0.15, 0.2) is 5.78 Å². The van der Waals surface area contributed by atoms with Crippen molar-refractivity contribution in [2.75, 3.05) is 11.9 Å². The molecule has 3 heteroatoms. The van der Waals surface area contributed by atoms with Gasteiger partial charge in [-0.1, -0.05) is 12.1 Å². The summed E-state index contributed by atoms with van der Waals surface area (Å²) in [4.78, 5) is 12.2. The number of hydrogen-bond acceptors (Lipinski definition) is 2. The first-order chi connectivity index (χ1) is 8.74. The Morgan fingerprint density at radius 3 is 2.78 bits per heavy atom. The highest BCUT2D eigenvalue weighted by atomic mass is 19.1. The fraction of sp³-hybridized carbons (Fsp3) is 0.133. The van der Waals surface area contributed by atoms with Crippen LogP contribution in [0.4, 0.5) is 10.1 Å². The molecule has 0 saturated heterocycles. The third kappa shape index (κ3) is 1.88. The van der Waals surface area contributed by atoms with Gasteiger partial charge in [0.05, 0.1) is 0 Å². The lowest BCUT2D eigenvalue weighted by Gasteiger charge is -2.04. The van der Waals surface area contributed by atoms with E-state index in [1.807, 2.05) is 12.1 Å². The average molecular weight is 241 g/mol. The second-order valence-corrected chi connectivity index (χ2v) is 4.39. The topological polar surface area (TPSA) is 29.1 Å². The monoisotopic (exact) mass is 241 g/mol. The minimum absolute atomic E-state index is 0.135. The van der Waals surface area contributed by atoms with Crippen molar-refractivity contribution in [2.24, 2.45) is 0 Å². The van der Waals surface area contributed by atoms with Crippen LogP contribution in [0, 0.1) is 5.82 Å². The van der Waals surface area contributed by atoms with E-state index in [1.165, 1.54) is 12.1 Å². The van der Waals surface area contributed by atoms with E-state index in [2.05, 4.69) is 5.32 Å². The molecule has 0 aromatic heterocycles. The maximum atomic E-state index is 13.1. The molecule has 0 aliphatic carbocycles. The maximum absolute atomic E-state index is 13.1. The van der Waals surface area contributed by atoms with Crippen LogP contribution in [0.5, 0.6) is 0 Å². The first kappa shape index (κ1) is 11.0. The van der Waals surface area contributed by atoms with Crippen molar-refractivity contribution in [1.82, 2.24) is 0 Å². The zero-order valence-electron chi connectivity index (χ0n) is 9.74. The number of halogens is 1. The number of nitrogens with one attached hydrogen (secondary N) is 1. The summed E-state index contributed by atoms with van der Waals surface area (Å²) in [6.45, 7) is 0.910. The van der Waals surface area contributed by atoms with E-state index in [1.54, 1.807) is 18.2 Å². The number of carbonyl (C=O) groups excluding carboxylic acids is 1. The molecule has 2 aromatic carbocycles. The van der Waals surface area contributed by atoms with E-state index in [9.17, 15) is 9.18 Å². The van der Waals surface area contributed by atoms with Gasteiger partial charge in [0.25, 0.3) is 0 Å². The molecular weight excluding hydrogens is 229 g/mol. The summed E-state index contributed by atoms with van der Waals surface area (Å²) >= 11 is 0. The molecule has 0 radical (unpaired) electrons. The molecule has 18 heavy (non-hydrogen) atoms. The molecule has 1 aliphatic heterocycles. The molecule has 2 nitrogen and oxygen atoms in total. The Bertz CT molecular complexity index is 622. The van der Waals surface area contributed by atoms with Gasteiger partial charge in [-0.3, -0.25) is 4.79 Å². The molecular formula is C15H12FNO. The Morgan fingerprint density at radius 2 is 1.94 bits per heavy atom. The summed E-state index contributed by atoms with van der Waals surface area (Å²) in [5.41, 5.74) is 3.24. The van der Waals surface area contributed by atoms with Gasteiger partial charge in [0.2, 0.25) is 0 Å². The lowest BCUT2D eigenvalue weighted by Crippen LogP contribution is -2.02. The van der Waals surface area contributed by atoms with Crippen LogP contribution < -0.4 is 5.32 Å². The second kappa shape index (κ2) is 4.26. The highest BCUT2D eigenvalue weighted by Gasteiger charge is 2.14. The molecule has 0 unspecified atom stereocenters. The van der Waals surface area contributed by atoms with E-state index >= 15 is 0 Å². The summed E-state index contributed by atoms with van der Waals surface area (Å²) in [5, 5.41) is 3.24. The predicted octanol–water partition coefficient (Wildman–Crippen LogP) is 3.02. The van der Waals surface area contributed by atoms with Crippen molar-refractivity contribution in [3.63, 3.8) is 0 Å². The Kier molecular flexibility index (Phi) is 2.59. The summed E-state index contributed by atoms with van der Waals surface area (Å²) in [7, 11) is 0. The minimum Gasteiger partial charge on any atom is -0.384 e. The number of hydrogen-bond donors (Lipinski definition) is 1. The van der Waals surface area contributed by atoms with Crippen molar-refractivity contribution >= 4 is 11.5 Å². The molecule has 0 amide bonds. The normalized spacial score (nSPS) is 12.9. The largest absolute Gasteiger partial charge is 0.384 e. The summed E-state index contributed by atoms with van der Waals surface area (Å²) in [6, 6.07) is 11.4. The van der Waals surface area contributed by atoms with E-state index in [-0.39, 0.29) is 11.6 Å². The first-order valence-electron chi connectivity index (χ1n) is 5.91. The molecule has 1 heterocycles. The Labute approximate surface area is 104 Å². The molecule has 2 aromatic rings. The molecule has 90 valence electrons. The van der Waals surface area contributed by atoms with Crippen LogP contribution in [0.2, 0.25) is 0 Å². The van der Waals surface area contributed by atoms with Gasteiger partial charge >= 0.3 is 0 Å². The molecule has 0 spiro atoms. The van der Waals surface area contributed by atoms with Crippen LogP contribution in [0.1, 0.15) is 21.5 Å². The fourth-order valence-electron chi connectivity index (χ4n) is 2.24. The van der Waals surface area contributed by atoms with E-state index in [0.29, 0.717) is 11.1 Å². The molecule has 0 fully saturated rings. The molecule has 1 aliphatic rings. The van der Waals surface area contributed by atoms with Gasteiger partial charge in [-0.05, 0) is 42.3 Å². The number of carbonyl (C=O) groups is 1.